The molecule has 1 fully saturated rings. The summed E-state index contributed by atoms with van der Waals surface area (Å²) in [6.07, 6.45) is -3.72. The van der Waals surface area contributed by atoms with Gasteiger partial charge >= 0.3 is 6.18 Å². The highest BCUT2D eigenvalue weighted by atomic mass is 32.1. The number of hydrogen-bond donors (Lipinski definition) is 1. The van der Waals surface area contributed by atoms with E-state index < -0.39 is 11.2 Å². The third-order valence-corrected chi connectivity index (χ3v) is 5.19. The Kier molecular flexibility index (Phi) is 4.67. The molecule has 2 aromatic rings. The fraction of sp³-hybridized carbons (Fsp3) is 0.571. The first kappa shape index (κ1) is 17.6. The van der Waals surface area contributed by atoms with Crippen molar-refractivity contribution < 1.29 is 18.0 Å². The van der Waals surface area contributed by atoms with Crippen LogP contribution in [0.5, 0.6) is 0 Å². The van der Waals surface area contributed by atoms with Crippen molar-refractivity contribution in [3.63, 3.8) is 0 Å². The molecular formula is C14H17F3N6OS. The van der Waals surface area contributed by atoms with Crippen molar-refractivity contribution in [2.24, 2.45) is 0 Å². The highest BCUT2D eigenvalue weighted by molar-refractivity contribution is 7.15. The summed E-state index contributed by atoms with van der Waals surface area (Å²) in [4.78, 5) is 16.0. The van der Waals surface area contributed by atoms with Gasteiger partial charge in [0.05, 0.1) is 0 Å². The van der Waals surface area contributed by atoms with E-state index in [4.69, 9.17) is 0 Å². The van der Waals surface area contributed by atoms with Gasteiger partial charge in [-0.05, 0) is 13.3 Å². The lowest BCUT2D eigenvalue weighted by Crippen LogP contribution is -2.49. The van der Waals surface area contributed by atoms with Gasteiger partial charge in [-0.2, -0.15) is 18.3 Å². The Morgan fingerprint density at radius 1 is 1.24 bits per heavy atom. The molecule has 1 aliphatic rings. The number of carbonyl (C=O) groups is 1. The van der Waals surface area contributed by atoms with Crippen molar-refractivity contribution in [1.29, 1.82) is 0 Å². The fourth-order valence-electron chi connectivity index (χ4n) is 2.69. The van der Waals surface area contributed by atoms with Crippen molar-refractivity contribution >= 4 is 22.4 Å². The normalized spacial score (nSPS) is 15.7. The van der Waals surface area contributed by atoms with E-state index in [9.17, 15) is 18.0 Å². The number of piperazine rings is 1. The number of alkyl halides is 3. The number of carbonyl (C=O) groups excluding carboxylic acids is 1. The molecule has 11 heteroatoms. The van der Waals surface area contributed by atoms with Crippen molar-refractivity contribution in [2.45, 2.75) is 26.4 Å². The number of amides is 1. The first-order valence-electron chi connectivity index (χ1n) is 7.80. The van der Waals surface area contributed by atoms with E-state index in [2.05, 4.69) is 20.4 Å². The second kappa shape index (κ2) is 6.62. The Morgan fingerprint density at radius 3 is 2.44 bits per heavy atom. The maximum atomic E-state index is 12.6. The van der Waals surface area contributed by atoms with E-state index in [1.807, 2.05) is 13.8 Å². The third-order valence-electron chi connectivity index (χ3n) is 4.16. The summed E-state index contributed by atoms with van der Waals surface area (Å²) >= 11 is 0.519. The van der Waals surface area contributed by atoms with Gasteiger partial charge in [0.15, 0.2) is 5.69 Å². The maximum Gasteiger partial charge on any atom is 0.445 e. The lowest BCUT2D eigenvalue weighted by molar-refractivity contribution is -0.138. The molecule has 2 aromatic heterocycles. The Bertz CT molecular complexity index is 763. The SMILES string of the molecule is CCc1[nH]nc(C(=O)N2CCN(c3nnc(C(F)(F)F)s3)CC2)c1C. The zero-order valence-corrected chi connectivity index (χ0v) is 14.5. The standard InChI is InChI=1S/C14H17F3N6OS/c1-3-9-8(2)10(19-18-9)11(24)22-4-6-23(7-5-22)13-21-20-12(25-13)14(15,16)17/h3-7H2,1-2H3,(H,18,19). The van der Waals surface area contributed by atoms with Crippen molar-refractivity contribution in [2.75, 3.05) is 31.1 Å². The van der Waals surface area contributed by atoms with E-state index in [-0.39, 0.29) is 11.0 Å². The van der Waals surface area contributed by atoms with Crippen molar-refractivity contribution in [1.82, 2.24) is 25.3 Å². The lowest BCUT2D eigenvalue weighted by atomic mass is 10.1. The van der Waals surface area contributed by atoms with E-state index in [0.717, 1.165) is 17.7 Å². The smallest absolute Gasteiger partial charge is 0.343 e. The maximum absolute atomic E-state index is 12.6. The number of aromatic amines is 1. The fourth-order valence-corrected chi connectivity index (χ4v) is 3.46. The number of rotatable bonds is 3. The number of aromatic nitrogens is 4. The average molecular weight is 374 g/mol. The molecule has 0 atom stereocenters. The first-order valence-corrected chi connectivity index (χ1v) is 8.61. The largest absolute Gasteiger partial charge is 0.445 e. The van der Waals surface area contributed by atoms with Crippen LogP contribution in [0.4, 0.5) is 18.3 Å². The van der Waals surface area contributed by atoms with Crippen LogP contribution in [0.1, 0.15) is 33.7 Å². The Labute approximate surface area is 145 Å². The van der Waals surface area contributed by atoms with Gasteiger partial charge in [0, 0.05) is 37.4 Å². The molecule has 3 heterocycles. The minimum atomic E-state index is -4.48. The molecule has 7 nitrogen and oxygen atoms in total. The van der Waals surface area contributed by atoms with E-state index >= 15 is 0 Å². The van der Waals surface area contributed by atoms with Crippen LogP contribution < -0.4 is 4.90 Å². The summed E-state index contributed by atoms with van der Waals surface area (Å²) in [5.74, 6) is -0.165. The number of halogens is 3. The Hall–Kier alpha value is -2.17. The minimum absolute atomic E-state index is 0.165. The molecule has 25 heavy (non-hydrogen) atoms. The third kappa shape index (κ3) is 3.46. The molecular weight excluding hydrogens is 357 g/mol. The Morgan fingerprint density at radius 2 is 1.92 bits per heavy atom. The van der Waals surface area contributed by atoms with Crippen LogP contribution in [-0.4, -0.2) is 57.4 Å². The molecule has 136 valence electrons. The van der Waals surface area contributed by atoms with Crippen LogP contribution in [0.15, 0.2) is 0 Å². The monoisotopic (exact) mass is 374 g/mol. The molecule has 0 saturated carbocycles. The molecule has 3 rings (SSSR count). The predicted octanol–water partition coefficient (Wildman–Crippen LogP) is 2.11. The van der Waals surface area contributed by atoms with Crippen LogP contribution in [0.3, 0.4) is 0 Å². The van der Waals surface area contributed by atoms with Gasteiger partial charge in [-0.15, -0.1) is 10.2 Å². The molecule has 0 radical (unpaired) electrons. The van der Waals surface area contributed by atoms with Gasteiger partial charge < -0.3 is 9.80 Å². The molecule has 1 aliphatic heterocycles. The molecule has 0 aliphatic carbocycles. The van der Waals surface area contributed by atoms with Crippen LogP contribution in [0, 0.1) is 6.92 Å². The number of aryl methyl sites for hydroxylation is 1. The summed E-state index contributed by atoms with van der Waals surface area (Å²) in [7, 11) is 0. The van der Waals surface area contributed by atoms with Crippen LogP contribution in [-0.2, 0) is 12.6 Å². The predicted molar refractivity (Wildman–Crippen MR) is 85.7 cm³/mol. The number of nitrogens with zero attached hydrogens (tertiary/aromatic N) is 5. The van der Waals surface area contributed by atoms with E-state index in [1.165, 1.54) is 0 Å². The first-order chi connectivity index (χ1) is 11.8. The second-order valence-corrected chi connectivity index (χ2v) is 6.65. The molecule has 0 unspecified atom stereocenters. The van der Waals surface area contributed by atoms with Gasteiger partial charge in [0.25, 0.3) is 5.91 Å². The highest BCUT2D eigenvalue weighted by Gasteiger charge is 2.36. The topological polar surface area (TPSA) is 78.0 Å². The van der Waals surface area contributed by atoms with Gasteiger partial charge in [0.2, 0.25) is 10.1 Å². The molecule has 0 aromatic carbocycles. The molecule has 1 amide bonds. The molecule has 0 bridgehead atoms. The number of nitrogens with one attached hydrogen (secondary N) is 1. The van der Waals surface area contributed by atoms with Gasteiger partial charge in [-0.3, -0.25) is 9.89 Å². The second-order valence-electron chi connectivity index (χ2n) is 5.70. The van der Waals surface area contributed by atoms with Gasteiger partial charge in [-0.1, -0.05) is 18.3 Å². The van der Waals surface area contributed by atoms with Crippen LogP contribution in [0.25, 0.3) is 0 Å². The summed E-state index contributed by atoms with van der Waals surface area (Å²) in [5.41, 5.74) is 2.17. The summed E-state index contributed by atoms with van der Waals surface area (Å²) in [6.45, 7) is 5.43. The summed E-state index contributed by atoms with van der Waals surface area (Å²) in [6, 6.07) is 0. The molecule has 1 N–H and O–H groups in total. The van der Waals surface area contributed by atoms with Gasteiger partial charge in [0.1, 0.15) is 0 Å². The number of hydrogen-bond acceptors (Lipinski definition) is 6. The number of H-pyrrole nitrogens is 1. The molecule has 1 saturated heterocycles. The quantitative estimate of drug-likeness (QED) is 0.890. The summed E-state index contributed by atoms with van der Waals surface area (Å²) < 4.78 is 37.9. The van der Waals surface area contributed by atoms with Crippen molar-refractivity contribution in [3.8, 4) is 0 Å². The zero-order chi connectivity index (χ0) is 18.2. The van der Waals surface area contributed by atoms with Crippen LogP contribution >= 0.6 is 11.3 Å². The zero-order valence-electron chi connectivity index (χ0n) is 13.7. The minimum Gasteiger partial charge on any atom is -0.343 e. The van der Waals surface area contributed by atoms with E-state index in [0.29, 0.717) is 43.2 Å². The van der Waals surface area contributed by atoms with Crippen LogP contribution in [0.2, 0.25) is 0 Å². The summed E-state index contributed by atoms with van der Waals surface area (Å²) in [5, 5.41) is 13.0. The van der Waals surface area contributed by atoms with E-state index in [1.54, 1.807) is 9.80 Å². The highest BCUT2D eigenvalue weighted by Crippen LogP contribution is 2.34. The van der Waals surface area contributed by atoms with Gasteiger partial charge in [-0.25, -0.2) is 0 Å². The van der Waals surface area contributed by atoms with Crippen molar-refractivity contribution in [3.05, 3.63) is 22.0 Å². The lowest BCUT2D eigenvalue weighted by Gasteiger charge is -2.34. The number of anilines is 1. The average Bonchev–Trinajstić information content (AvgIpc) is 3.21. The molecule has 0 spiro atoms. The Balaban J connectivity index is 1.64.